The quantitative estimate of drug-likeness (QED) is 0.565. The van der Waals surface area contributed by atoms with Crippen molar-refractivity contribution in [3.8, 4) is 0 Å². The van der Waals surface area contributed by atoms with Crippen molar-refractivity contribution >= 4 is 5.97 Å². The molecule has 0 bridgehead atoms. The monoisotopic (exact) mass is 185 g/mol. The molecule has 2 fully saturated rings. The molecule has 0 spiro atoms. The van der Waals surface area contributed by atoms with Gasteiger partial charge in [0.15, 0.2) is 0 Å². The topological polar surface area (TPSA) is 69.6 Å². The van der Waals surface area contributed by atoms with Crippen LogP contribution in [-0.2, 0) is 4.79 Å². The van der Waals surface area contributed by atoms with Gasteiger partial charge < -0.3 is 15.5 Å². The van der Waals surface area contributed by atoms with Crippen molar-refractivity contribution < 1.29 is 15.0 Å². The number of nitrogens with one attached hydrogen (secondary N) is 1. The minimum Gasteiger partial charge on any atom is -0.481 e. The van der Waals surface area contributed by atoms with Gasteiger partial charge in [-0.15, -0.1) is 0 Å². The Morgan fingerprint density at radius 3 is 2.08 bits per heavy atom. The van der Waals surface area contributed by atoms with Gasteiger partial charge in [0.1, 0.15) is 5.60 Å². The average Bonchev–Trinajstić information content (AvgIpc) is 2.49. The van der Waals surface area contributed by atoms with Gasteiger partial charge in [-0.2, -0.15) is 0 Å². The van der Waals surface area contributed by atoms with E-state index in [1.54, 1.807) is 0 Å². The van der Waals surface area contributed by atoms with Gasteiger partial charge in [-0.25, -0.2) is 0 Å². The number of rotatable bonds is 2. The van der Waals surface area contributed by atoms with E-state index in [1.165, 1.54) is 0 Å². The lowest BCUT2D eigenvalue weighted by molar-refractivity contribution is -0.177. The number of hydrogen-bond acceptors (Lipinski definition) is 3. The van der Waals surface area contributed by atoms with Gasteiger partial charge in [0.05, 0.1) is 5.41 Å². The fourth-order valence-corrected chi connectivity index (χ4v) is 2.56. The predicted octanol–water partition coefficient (Wildman–Crippen LogP) is -0.0343. The van der Waals surface area contributed by atoms with Crippen molar-refractivity contribution in [1.29, 1.82) is 0 Å². The van der Waals surface area contributed by atoms with Crippen LogP contribution in [0.1, 0.15) is 25.7 Å². The zero-order chi connectivity index (χ0) is 9.53. The van der Waals surface area contributed by atoms with Crippen LogP contribution in [0.25, 0.3) is 0 Å². The number of carboxylic acids is 1. The first-order valence-electron chi connectivity index (χ1n) is 4.77. The van der Waals surface area contributed by atoms with Gasteiger partial charge >= 0.3 is 5.97 Å². The third-order valence-electron chi connectivity index (χ3n) is 3.59. The minimum absolute atomic E-state index is 0.430. The van der Waals surface area contributed by atoms with E-state index in [9.17, 15) is 15.0 Å². The fraction of sp³-hybridized carbons (Fsp3) is 0.889. The number of hydrogen-bond donors (Lipinski definition) is 3. The van der Waals surface area contributed by atoms with Crippen LogP contribution < -0.4 is 5.32 Å². The zero-order valence-electron chi connectivity index (χ0n) is 7.55. The third kappa shape index (κ3) is 1.02. The highest BCUT2D eigenvalue weighted by Crippen LogP contribution is 2.48. The van der Waals surface area contributed by atoms with Crippen LogP contribution in [0.15, 0.2) is 0 Å². The molecule has 0 radical (unpaired) electrons. The Balaban J connectivity index is 2.27. The van der Waals surface area contributed by atoms with Crippen LogP contribution in [0.2, 0.25) is 0 Å². The lowest BCUT2D eigenvalue weighted by Gasteiger charge is -2.48. The second kappa shape index (κ2) is 2.69. The highest BCUT2D eigenvalue weighted by molar-refractivity contribution is 5.77. The number of aliphatic hydroxyl groups is 1. The van der Waals surface area contributed by atoms with Gasteiger partial charge in [0.25, 0.3) is 0 Å². The molecule has 74 valence electrons. The predicted molar refractivity (Wildman–Crippen MR) is 46.4 cm³/mol. The smallest absolute Gasteiger partial charge is 0.312 e. The molecule has 0 aromatic carbocycles. The van der Waals surface area contributed by atoms with E-state index in [1.807, 2.05) is 0 Å². The van der Waals surface area contributed by atoms with E-state index in [0.717, 1.165) is 12.8 Å². The first-order chi connectivity index (χ1) is 6.11. The van der Waals surface area contributed by atoms with E-state index in [0.29, 0.717) is 25.9 Å². The molecule has 4 heteroatoms. The van der Waals surface area contributed by atoms with Crippen molar-refractivity contribution in [3.63, 3.8) is 0 Å². The van der Waals surface area contributed by atoms with Crippen LogP contribution >= 0.6 is 0 Å². The number of β-amino-alcohol motifs (C(OH)–C–C–N with tert-alkyl or cyclic N) is 1. The zero-order valence-corrected chi connectivity index (χ0v) is 7.55. The Hall–Kier alpha value is -0.610. The highest BCUT2D eigenvalue weighted by Gasteiger charge is 2.59. The molecule has 1 saturated heterocycles. The maximum atomic E-state index is 11.2. The number of carboxylic acid groups (broad SMARTS) is 1. The van der Waals surface area contributed by atoms with Gasteiger partial charge in [0, 0.05) is 13.1 Å². The summed E-state index contributed by atoms with van der Waals surface area (Å²) in [4.78, 5) is 11.2. The van der Waals surface area contributed by atoms with Crippen LogP contribution in [0.3, 0.4) is 0 Å². The lowest BCUT2D eigenvalue weighted by Crippen LogP contribution is -2.70. The molecule has 0 aromatic rings. The van der Waals surface area contributed by atoms with Crippen LogP contribution in [0.4, 0.5) is 0 Å². The SMILES string of the molecule is O=C(O)C1(C2(O)CNC2)CCCC1. The summed E-state index contributed by atoms with van der Waals surface area (Å²) in [5, 5.41) is 22.2. The largest absolute Gasteiger partial charge is 0.481 e. The van der Waals surface area contributed by atoms with E-state index in [4.69, 9.17) is 0 Å². The van der Waals surface area contributed by atoms with Gasteiger partial charge in [-0.1, -0.05) is 12.8 Å². The third-order valence-corrected chi connectivity index (χ3v) is 3.59. The standard InChI is InChI=1S/C9H15NO3/c11-7(12)8(3-1-2-4-8)9(13)5-10-6-9/h10,13H,1-6H2,(H,11,12). The van der Waals surface area contributed by atoms with E-state index in [-0.39, 0.29) is 0 Å². The summed E-state index contributed by atoms with van der Waals surface area (Å²) in [5.41, 5.74) is -1.85. The molecule has 1 aliphatic heterocycles. The van der Waals surface area contributed by atoms with E-state index in [2.05, 4.69) is 5.32 Å². The van der Waals surface area contributed by atoms with Crippen molar-refractivity contribution in [2.24, 2.45) is 5.41 Å². The van der Waals surface area contributed by atoms with Crippen molar-refractivity contribution in [1.82, 2.24) is 5.32 Å². The second-order valence-corrected chi connectivity index (χ2v) is 4.23. The van der Waals surface area contributed by atoms with Crippen molar-refractivity contribution in [2.75, 3.05) is 13.1 Å². The molecule has 1 heterocycles. The molecule has 13 heavy (non-hydrogen) atoms. The molecule has 0 atom stereocenters. The molecule has 4 nitrogen and oxygen atoms in total. The van der Waals surface area contributed by atoms with Gasteiger partial charge in [-0.05, 0) is 12.8 Å². The van der Waals surface area contributed by atoms with Crippen LogP contribution in [0.5, 0.6) is 0 Å². The Kier molecular flexibility index (Phi) is 1.85. The second-order valence-electron chi connectivity index (χ2n) is 4.23. The lowest BCUT2D eigenvalue weighted by atomic mass is 9.67. The summed E-state index contributed by atoms with van der Waals surface area (Å²) in [7, 11) is 0. The van der Waals surface area contributed by atoms with Crippen LogP contribution in [-0.4, -0.2) is 34.9 Å². The molecule has 1 saturated carbocycles. The number of carbonyl (C=O) groups is 1. The Morgan fingerprint density at radius 1 is 1.23 bits per heavy atom. The Morgan fingerprint density at radius 2 is 1.77 bits per heavy atom. The van der Waals surface area contributed by atoms with Crippen molar-refractivity contribution in [2.45, 2.75) is 31.3 Å². The Labute approximate surface area is 76.9 Å². The first kappa shape index (κ1) is 8.97. The molecule has 0 unspecified atom stereocenters. The number of aliphatic carboxylic acids is 1. The summed E-state index contributed by atoms with van der Waals surface area (Å²) in [6.07, 6.45) is 3.10. The van der Waals surface area contributed by atoms with Crippen LogP contribution in [0, 0.1) is 5.41 Å². The molecule has 0 amide bonds. The molecular formula is C9H15NO3. The highest BCUT2D eigenvalue weighted by atomic mass is 16.4. The fourth-order valence-electron chi connectivity index (χ4n) is 2.56. The van der Waals surface area contributed by atoms with Gasteiger partial charge in [0.2, 0.25) is 0 Å². The molecule has 3 N–H and O–H groups in total. The summed E-state index contributed by atoms with van der Waals surface area (Å²) in [5.74, 6) is -0.825. The average molecular weight is 185 g/mol. The minimum atomic E-state index is -0.991. The normalized spacial score (nSPS) is 29.6. The maximum Gasteiger partial charge on any atom is 0.312 e. The molecular weight excluding hydrogens is 170 g/mol. The summed E-state index contributed by atoms with van der Waals surface area (Å²) in [6.45, 7) is 0.860. The van der Waals surface area contributed by atoms with Gasteiger partial charge in [-0.3, -0.25) is 4.79 Å². The first-order valence-corrected chi connectivity index (χ1v) is 4.77. The summed E-state index contributed by atoms with van der Waals surface area (Å²) < 4.78 is 0. The van der Waals surface area contributed by atoms with E-state index >= 15 is 0 Å². The molecule has 2 aliphatic rings. The van der Waals surface area contributed by atoms with Crippen molar-refractivity contribution in [3.05, 3.63) is 0 Å². The molecule has 1 aliphatic carbocycles. The summed E-state index contributed by atoms with van der Waals surface area (Å²) in [6, 6.07) is 0. The summed E-state index contributed by atoms with van der Waals surface area (Å²) >= 11 is 0. The Bertz CT molecular complexity index is 229. The molecule has 0 aromatic heterocycles. The maximum absolute atomic E-state index is 11.2. The van der Waals surface area contributed by atoms with E-state index < -0.39 is 17.0 Å². The molecule has 2 rings (SSSR count).